The number of aryl methyl sites for hydroxylation is 1. The van der Waals surface area contributed by atoms with Gasteiger partial charge in [0, 0.05) is 48.7 Å². The van der Waals surface area contributed by atoms with Crippen molar-refractivity contribution in [2.45, 2.75) is 25.5 Å². The van der Waals surface area contributed by atoms with Gasteiger partial charge < -0.3 is 20.3 Å². The average Bonchev–Trinajstić information content (AvgIpc) is 3.43. The summed E-state index contributed by atoms with van der Waals surface area (Å²) >= 11 is 5.89. The molecule has 2 heterocycles. The highest BCUT2D eigenvalue weighted by atomic mass is 35.5. The minimum atomic E-state index is -0.824. The van der Waals surface area contributed by atoms with Crippen LogP contribution in [-0.2, 0) is 9.53 Å². The predicted molar refractivity (Wildman–Crippen MR) is 123 cm³/mol. The van der Waals surface area contributed by atoms with Gasteiger partial charge in [0.1, 0.15) is 11.9 Å². The zero-order valence-corrected chi connectivity index (χ0v) is 18.8. The molecule has 0 saturated carbocycles. The number of hydrogen-bond donors (Lipinski definition) is 2. The largest absolute Gasteiger partial charge is 0.380 e. The van der Waals surface area contributed by atoms with Gasteiger partial charge in [-0.25, -0.2) is 13.9 Å². The summed E-state index contributed by atoms with van der Waals surface area (Å²) in [4.78, 5) is 27.3. The molecule has 4 rings (SSSR count). The van der Waals surface area contributed by atoms with Crippen LogP contribution >= 0.6 is 11.6 Å². The molecule has 2 atom stereocenters. The molecule has 0 spiro atoms. The van der Waals surface area contributed by atoms with E-state index in [1.165, 1.54) is 24.1 Å². The van der Waals surface area contributed by atoms with E-state index < -0.39 is 23.8 Å². The zero-order valence-electron chi connectivity index (χ0n) is 18.1. The Morgan fingerprint density at radius 1 is 1.15 bits per heavy atom. The van der Waals surface area contributed by atoms with Gasteiger partial charge in [0.25, 0.3) is 0 Å². The zero-order chi connectivity index (χ0) is 23.5. The number of amides is 3. The van der Waals surface area contributed by atoms with Crippen LogP contribution in [0.2, 0.25) is 5.02 Å². The third-order valence-corrected chi connectivity index (χ3v) is 5.79. The predicted octanol–water partition coefficient (Wildman–Crippen LogP) is 4.23. The Labute approximate surface area is 195 Å². The van der Waals surface area contributed by atoms with Crippen LogP contribution in [0.3, 0.4) is 0 Å². The van der Waals surface area contributed by atoms with Gasteiger partial charge in [-0.2, -0.15) is 5.10 Å². The molecule has 1 saturated heterocycles. The smallest absolute Gasteiger partial charge is 0.322 e. The van der Waals surface area contributed by atoms with Crippen LogP contribution in [0, 0.1) is 12.7 Å². The standard InChI is InChI=1S/C23H23ClFN5O3/c1-14-9-10-26-30(14)17-7-8-20(19(25)11-17)28-22(31)21-12-18(33-2)13-29(21)23(32)27-16-5-3-15(24)4-6-16/h3-11,18,21H,12-13H2,1-2H3,(H,27,32)(H,28,31)/t18-,21-/m1/s1. The number of rotatable bonds is 5. The quantitative estimate of drug-likeness (QED) is 0.582. The Morgan fingerprint density at radius 2 is 1.91 bits per heavy atom. The minimum Gasteiger partial charge on any atom is -0.380 e. The van der Waals surface area contributed by atoms with Crippen molar-refractivity contribution < 1.29 is 18.7 Å². The van der Waals surface area contributed by atoms with Gasteiger partial charge in [0.2, 0.25) is 5.91 Å². The summed E-state index contributed by atoms with van der Waals surface area (Å²) < 4.78 is 21.7. The van der Waals surface area contributed by atoms with Crippen LogP contribution in [0.4, 0.5) is 20.6 Å². The Bertz CT molecular complexity index is 1170. The molecule has 0 unspecified atom stereocenters. The van der Waals surface area contributed by atoms with Crippen LogP contribution in [0.5, 0.6) is 0 Å². The van der Waals surface area contributed by atoms with E-state index in [0.717, 1.165) is 5.69 Å². The molecule has 1 aliphatic heterocycles. The first kappa shape index (κ1) is 22.8. The average molecular weight is 472 g/mol. The summed E-state index contributed by atoms with van der Waals surface area (Å²) in [5, 5.41) is 10.1. The lowest BCUT2D eigenvalue weighted by molar-refractivity contribution is -0.119. The summed E-state index contributed by atoms with van der Waals surface area (Å²) in [7, 11) is 1.52. The number of hydrogen-bond acceptors (Lipinski definition) is 4. The van der Waals surface area contributed by atoms with Crippen molar-refractivity contribution in [3.63, 3.8) is 0 Å². The van der Waals surface area contributed by atoms with Crippen LogP contribution in [0.25, 0.3) is 5.69 Å². The number of ether oxygens (including phenoxy) is 1. The molecule has 8 nitrogen and oxygen atoms in total. The lowest BCUT2D eigenvalue weighted by atomic mass is 10.1. The van der Waals surface area contributed by atoms with E-state index in [4.69, 9.17) is 16.3 Å². The molecular formula is C23H23ClFN5O3. The van der Waals surface area contributed by atoms with Crippen LogP contribution in [0.1, 0.15) is 12.1 Å². The molecule has 2 aromatic carbocycles. The van der Waals surface area contributed by atoms with Gasteiger partial charge in [0.05, 0.1) is 17.5 Å². The van der Waals surface area contributed by atoms with Gasteiger partial charge in [0.15, 0.2) is 0 Å². The van der Waals surface area contributed by atoms with E-state index in [-0.39, 0.29) is 18.3 Å². The van der Waals surface area contributed by atoms with E-state index in [1.807, 2.05) is 13.0 Å². The molecule has 3 amide bonds. The lowest BCUT2D eigenvalue weighted by Crippen LogP contribution is -2.45. The van der Waals surface area contributed by atoms with Crippen molar-refractivity contribution in [1.82, 2.24) is 14.7 Å². The molecule has 2 N–H and O–H groups in total. The summed E-state index contributed by atoms with van der Waals surface area (Å²) in [6, 6.07) is 11.6. The van der Waals surface area contributed by atoms with Gasteiger partial charge >= 0.3 is 6.03 Å². The third-order valence-electron chi connectivity index (χ3n) is 5.54. The van der Waals surface area contributed by atoms with Gasteiger partial charge in [-0.1, -0.05) is 11.6 Å². The van der Waals surface area contributed by atoms with Gasteiger partial charge in [-0.05, 0) is 49.4 Å². The SMILES string of the molecule is CO[C@@H]1C[C@H](C(=O)Nc2ccc(-n3nccc3C)cc2F)N(C(=O)Nc2ccc(Cl)cc2)C1. The monoisotopic (exact) mass is 471 g/mol. The Morgan fingerprint density at radius 3 is 2.55 bits per heavy atom. The summed E-state index contributed by atoms with van der Waals surface area (Å²) in [6.45, 7) is 2.09. The fourth-order valence-electron chi connectivity index (χ4n) is 3.76. The highest BCUT2D eigenvalue weighted by Gasteiger charge is 2.40. The fraction of sp³-hybridized carbons (Fsp3) is 0.261. The van der Waals surface area contributed by atoms with Crippen molar-refractivity contribution in [3.8, 4) is 5.69 Å². The van der Waals surface area contributed by atoms with Crippen LogP contribution in [-0.4, -0.2) is 52.4 Å². The minimum absolute atomic E-state index is 0.0208. The maximum atomic E-state index is 14.8. The summed E-state index contributed by atoms with van der Waals surface area (Å²) in [5.74, 6) is -1.10. The van der Waals surface area contributed by atoms with Crippen molar-refractivity contribution in [1.29, 1.82) is 0 Å². The molecule has 1 fully saturated rings. The van der Waals surface area contributed by atoms with E-state index in [2.05, 4.69) is 15.7 Å². The number of anilines is 2. The lowest BCUT2D eigenvalue weighted by Gasteiger charge is -2.24. The van der Waals surface area contributed by atoms with Crippen LogP contribution < -0.4 is 10.6 Å². The van der Waals surface area contributed by atoms with E-state index in [9.17, 15) is 14.0 Å². The number of methoxy groups -OCH3 is 1. The van der Waals surface area contributed by atoms with Gasteiger partial charge in [-0.15, -0.1) is 0 Å². The maximum Gasteiger partial charge on any atom is 0.322 e. The molecular weight excluding hydrogens is 449 g/mol. The number of aromatic nitrogens is 2. The number of urea groups is 1. The van der Waals surface area contributed by atoms with Crippen molar-refractivity contribution in [2.24, 2.45) is 0 Å². The third kappa shape index (κ3) is 4.99. The number of carbonyl (C=O) groups is 2. The number of benzene rings is 2. The molecule has 0 aliphatic carbocycles. The molecule has 0 radical (unpaired) electrons. The molecule has 1 aliphatic rings. The maximum absolute atomic E-state index is 14.8. The first-order valence-electron chi connectivity index (χ1n) is 10.3. The number of likely N-dealkylation sites (tertiary alicyclic amines) is 1. The Hall–Kier alpha value is -3.43. The first-order chi connectivity index (χ1) is 15.9. The molecule has 10 heteroatoms. The van der Waals surface area contributed by atoms with E-state index in [1.54, 1.807) is 41.2 Å². The summed E-state index contributed by atoms with van der Waals surface area (Å²) in [6.07, 6.45) is 1.60. The molecule has 33 heavy (non-hydrogen) atoms. The highest BCUT2D eigenvalue weighted by Crippen LogP contribution is 2.25. The Kier molecular flexibility index (Phi) is 6.62. The van der Waals surface area contributed by atoms with E-state index >= 15 is 0 Å². The number of halogens is 2. The number of carbonyl (C=O) groups excluding carboxylic acids is 2. The fourth-order valence-corrected chi connectivity index (χ4v) is 3.89. The second-order valence-electron chi connectivity index (χ2n) is 7.74. The van der Waals surface area contributed by atoms with Crippen molar-refractivity contribution in [3.05, 3.63) is 71.3 Å². The highest BCUT2D eigenvalue weighted by molar-refractivity contribution is 6.30. The molecule has 1 aromatic heterocycles. The van der Waals surface area contributed by atoms with Crippen molar-refractivity contribution >= 4 is 34.9 Å². The Balaban J connectivity index is 1.49. The molecule has 3 aromatic rings. The van der Waals surface area contributed by atoms with E-state index in [0.29, 0.717) is 22.8 Å². The second-order valence-corrected chi connectivity index (χ2v) is 8.17. The van der Waals surface area contributed by atoms with Crippen molar-refractivity contribution in [2.75, 3.05) is 24.3 Å². The normalized spacial score (nSPS) is 17.8. The van der Waals surface area contributed by atoms with Gasteiger partial charge in [-0.3, -0.25) is 4.79 Å². The van der Waals surface area contributed by atoms with Crippen LogP contribution in [0.15, 0.2) is 54.7 Å². The second kappa shape index (κ2) is 9.60. The number of nitrogens with one attached hydrogen (secondary N) is 2. The first-order valence-corrected chi connectivity index (χ1v) is 10.7. The molecule has 172 valence electrons. The topological polar surface area (TPSA) is 88.5 Å². The number of nitrogens with zero attached hydrogens (tertiary/aromatic N) is 3. The molecule has 0 bridgehead atoms. The summed E-state index contributed by atoms with van der Waals surface area (Å²) in [5.41, 5.74) is 1.95.